The second-order valence-corrected chi connectivity index (χ2v) is 14.3. The summed E-state index contributed by atoms with van der Waals surface area (Å²) in [6.07, 6.45) is -4.46. The van der Waals surface area contributed by atoms with E-state index in [2.05, 4.69) is 127 Å². The third kappa shape index (κ3) is 7.36. The number of alkyl halides is 3. The SMILES string of the molecule is Cc1cccc(N(c2ccc(-c3ccc(-c4ccc(N(c5cccc(C(F)(F)F)c5)c5ccc6ccccc6c5)cc4)cc3)cc2)c2ccc3ccccc3c2)c1. The molecule has 2 nitrogen and oxygen atoms in total. The molecule has 9 rings (SSSR count). The molecule has 5 heteroatoms. The van der Waals surface area contributed by atoms with E-state index >= 15 is 0 Å². The van der Waals surface area contributed by atoms with Crippen LogP contribution in [0.15, 0.2) is 206 Å². The molecule has 9 aromatic carbocycles. The molecule has 0 atom stereocenters. The fraction of sp³-hybridized carbons (Fsp3) is 0.0385. The van der Waals surface area contributed by atoms with Gasteiger partial charge < -0.3 is 9.80 Å². The lowest BCUT2D eigenvalue weighted by molar-refractivity contribution is -0.137. The minimum Gasteiger partial charge on any atom is -0.310 e. The van der Waals surface area contributed by atoms with Crippen LogP contribution >= 0.6 is 0 Å². The first kappa shape index (κ1) is 35.6. The molecule has 0 saturated heterocycles. The van der Waals surface area contributed by atoms with Crippen molar-refractivity contribution in [3.8, 4) is 22.3 Å². The number of benzene rings is 9. The molecular formula is C52H37F3N2. The maximum Gasteiger partial charge on any atom is 0.416 e. The number of hydrogen-bond donors (Lipinski definition) is 0. The Morgan fingerprint density at radius 2 is 0.684 bits per heavy atom. The van der Waals surface area contributed by atoms with E-state index in [-0.39, 0.29) is 0 Å². The molecule has 0 aliphatic carbocycles. The van der Waals surface area contributed by atoms with Gasteiger partial charge in [0.1, 0.15) is 0 Å². The van der Waals surface area contributed by atoms with Gasteiger partial charge in [0, 0.05) is 34.1 Å². The van der Waals surface area contributed by atoms with Gasteiger partial charge in [-0.2, -0.15) is 13.2 Å². The van der Waals surface area contributed by atoms with E-state index in [0.29, 0.717) is 5.69 Å². The quantitative estimate of drug-likeness (QED) is 0.153. The van der Waals surface area contributed by atoms with Crippen molar-refractivity contribution in [2.75, 3.05) is 9.80 Å². The summed E-state index contributed by atoms with van der Waals surface area (Å²) in [5, 5.41) is 4.47. The third-order valence-electron chi connectivity index (χ3n) is 10.5. The second-order valence-electron chi connectivity index (χ2n) is 14.3. The lowest BCUT2D eigenvalue weighted by Gasteiger charge is -2.27. The van der Waals surface area contributed by atoms with Crippen molar-refractivity contribution >= 4 is 55.7 Å². The minimum absolute atomic E-state index is 0.433. The summed E-state index contributed by atoms with van der Waals surface area (Å²) in [6.45, 7) is 2.12. The predicted molar refractivity (Wildman–Crippen MR) is 231 cm³/mol. The lowest BCUT2D eigenvalue weighted by atomic mass is 9.99. The third-order valence-corrected chi connectivity index (χ3v) is 10.5. The highest BCUT2D eigenvalue weighted by Crippen LogP contribution is 2.41. The molecule has 9 aromatic rings. The predicted octanol–water partition coefficient (Wildman–Crippen LogP) is 15.6. The minimum atomic E-state index is -4.46. The van der Waals surface area contributed by atoms with E-state index in [0.717, 1.165) is 67.5 Å². The molecule has 0 radical (unpaired) electrons. The fourth-order valence-electron chi connectivity index (χ4n) is 7.58. The number of fused-ring (bicyclic) bond motifs is 2. The summed E-state index contributed by atoms with van der Waals surface area (Å²) in [7, 11) is 0. The number of rotatable bonds is 8. The Labute approximate surface area is 330 Å². The Morgan fingerprint density at radius 3 is 1.12 bits per heavy atom. The second kappa shape index (κ2) is 14.9. The summed E-state index contributed by atoms with van der Waals surface area (Å²) in [4.78, 5) is 4.17. The molecule has 0 saturated carbocycles. The maximum atomic E-state index is 13.8. The zero-order valence-electron chi connectivity index (χ0n) is 31.2. The van der Waals surface area contributed by atoms with Crippen molar-refractivity contribution in [2.45, 2.75) is 13.1 Å². The van der Waals surface area contributed by atoms with Crippen LogP contribution < -0.4 is 9.80 Å². The van der Waals surface area contributed by atoms with E-state index in [1.165, 1.54) is 28.5 Å². The molecule has 0 aliphatic heterocycles. The molecule has 0 unspecified atom stereocenters. The van der Waals surface area contributed by atoms with Crippen molar-refractivity contribution in [1.29, 1.82) is 0 Å². The molecule has 0 fully saturated rings. The highest BCUT2D eigenvalue weighted by atomic mass is 19.4. The fourth-order valence-corrected chi connectivity index (χ4v) is 7.58. The number of hydrogen-bond acceptors (Lipinski definition) is 2. The topological polar surface area (TPSA) is 6.48 Å². The van der Waals surface area contributed by atoms with Crippen LogP contribution in [0, 0.1) is 6.92 Å². The van der Waals surface area contributed by atoms with Gasteiger partial charge in [0.25, 0.3) is 0 Å². The van der Waals surface area contributed by atoms with Gasteiger partial charge in [-0.15, -0.1) is 0 Å². The molecule has 0 N–H and O–H groups in total. The zero-order valence-corrected chi connectivity index (χ0v) is 31.2. The average Bonchev–Trinajstić information content (AvgIpc) is 3.24. The summed E-state index contributed by atoms with van der Waals surface area (Å²) >= 11 is 0. The van der Waals surface area contributed by atoms with Gasteiger partial charge in [-0.3, -0.25) is 0 Å². The molecule has 0 aliphatic rings. The monoisotopic (exact) mass is 746 g/mol. The molecular weight excluding hydrogens is 710 g/mol. The summed E-state index contributed by atoms with van der Waals surface area (Å²) in [5.74, 6) is 0. The smallest absolute Gasteiger partial charge is 0.310 e. The van der Waals surface area contributed by atoms with Crippen LogP contribution in [0.5, 0.6) is 0 Å². The van der Waals surface area contributed by atoms with Crippen LogP contribution in [0.2, 0.25) is 0 Å². The highest BCUT2D eigenvalue weighted by molar-refractivity contribution is 5.91. The average molecular weight is 747 g/mol. The Kier molecular flexibility index (Phi) is 9.27. The zero-order chi connectivity index (χ0) is 38.9. The van der Waals surface area contributed by atoms with Gasteiger partial charge in [0.15, 0.2) is 0 Å². The van der Waals surface area contributed by atoms with E-state index < -0.39 is 11.7 Å². The first-order valence-corrected chi connectivity index (χ1v) is 18.9. The van der Waals surface area contributed by atoms with E-state index in [9.17, 15) is 13.2 Å². The summed E-state index contributed by atoms with van der Waals surface area (Å²) in [6, 6.07) is 68.1. The Balaban J connectivity index is 0.997. The number of anilines is 6. The van der Waals surface area contributed by atoms with E-state index in [1.807, 2.05) is 71.6 Å². The van der Waals surface area contributed by atoms with Gasteiger partial charge in [0.05, 0.1) is 5.56 Å². The standard InChI is InChI=1S/C52H37F3N2/c1-36-8-6-14-48(32-36)56(50-30-24-37-9-2-4-11-43(37)33-50)46-26-20-41(21-27-46)39-16-18-40(19-17-39)42-22-28-47(29-23-42)57(49-15-7-13-45(35-49)52(53,54)55)51-31-25-38-10-3-5-12-44(38)34-51/h2-35H,1H3. The Hall–Kier alpha value is -7.11. The van der Waals surface area contributed by atoms with Crippen molar-refractivity contribution in [3.05, 3.63) is 217 Å². The maximum absolute atomic E-state index is 13.8. The largest absolute Gasteiger partial charge is 0.416 e. The number of halogens is 3. The van der Waals surface area contributed by atoms with Crippen molar-refractivity contribution < 1.29 is 13.2 Å². The number of aryl methyl sites for hydroxylation is 1. The summed E-state index contributed by atoms with van der Waals surface area (Å²) < 4.78 is 41.5. The van der Waals surface area contributed by atoms with Gasteiger partial charge >= 0.3 is 6.18 Å². The first-order valence-electron chi connectivity index (χ1n) is 18.9. The lowest BCUT2D eigenvalue weighted by Crippen LogP contribution is -2.12. The summed E-state index contributed by atoms with van der Waals surface area (Å²) in [5.41, 5.74) is 9.99. The Bertz CT molecular complexity index is 2840. The Morgan fingerprint density at radius 1 is 0.316 bits per heavy atom. The van der Waals surface area contributed by atoms with Crippen molar-refractivity contribution in [2.24, 2.45) is 0 Å². The molecule has 0 bridgehead atoms. The van der Waals surface area contributed by atoms with Gasteiger partial charge in [0.2, 0.25) is 0 Å². The van der Waals surface area contributed by atoms with Crippen molar-refractivity contribution in [3.63, 3.8) is 0 Å². The van der Waals surface area contributed by atoms with Crippen LogP contribution in [0.3, 0.4) is 0 Å². The number of nitrogens with zero attached hydrogens (tertiary/aromatic N) is 2. The highest BCUT2D eigenvalue weighted by Gasteiger charge is 2.31. The van der Waals surface area contributed by atoms with E-state index in [4.69, 9.17) is 0 Å². The normalized spacial score (nSPS) is 11.5. The molecule has 0 spiro atoms. The molecule has 0 heterocycles. The molecule has 0 amide bonds. The van der Waals surface area contributed by atoms with Gasteiger partial charge in [-0.1, -0.05) is 127 Å². The van der Waals surface area contributed by atoms with Crippen LogP contribution in [-0.4, -0.2) is 0 Å². The van der Waals surface area contributed by atoms with Gasteiger partial charge in [-0.25, -0.2) is 0 Å². The van der Waals surface area contributed by atoms with Crippen LogP contribution in [0.25, 0.3) is 43.8 Å². The molecule has 276 valence electrons. The van der Waals surface area contributed by atoms with E-state index in [1.54, 1.807) is 6.07 Å². The van der Waals surface area contributed by atoms with Gasteiger partial charge in [-0.05, 0) is 135 Å². The van der Waals surface area contributed by atoms with Crippen LogP contribution in [0.4, 0.5) is 47.3 Å². The molecule has 0 aromatic heterocycles. The van der Waals surface area contributed by atoms with Crippen LogP contribution in [0.1, 0.15) is 11.1 Å². The van der Waals surface area contributed by atoms with Crippen LogP contribution in [-0.2, 0) is 6.18 Å². The molecule has 57 heavy (non-hydrogen) atoms. The van der Waals surface area contributed by atoms with Crippen molar-refractivity contribution in [1.82, 2.24) is 0 Å². The first-order chi connectivity index (χ1) is 27.8.